The van der Waals surface area contributed by atoms with Crippen LogP contribution in [0.4, 0.5) is 4.79 Å². The van der Waals surface area contributed by atoms with E-state index < -0.39 is 0 Å². The van der Waals surface area contributed by atoms with Gasteiger partial charge in [-0.15, -0.1) is 0 Å². The molecule has 0 spiro atoms. The fraction of sp³-hybridized carbons (Fsp3) is 0.556. The highest BCUT2D eigenvalue weighted by Gasteiger charge is 2.37. The van der Waals surface area contributed by atoms with E-state index in [1.54, 1.807) is 4.90 Å². The normalized spacial score (nSPS) is 17.2. The summed E-state index contributed by atoms with van der Waals surface area (Å²) in [5, 5.41) is 0.0136. The van der Waals surface area contributed by atoms with Gasteiger partial charge in [0.05, 0.1) is 20.2 Å². The SMILES string of the molecule is COC(=O)N1CC[S+](C(C)C(=O)c2ccc(C(C)C)cc2)CC1. The van der Waals surface area contributed by atoms with Gasteiger partial charge in [0, 0.05) is 16.5 Å². The van der Waals surface area contributed by atoms with Gasteiger partial charge in [-0.3, -0.25) is 9.69 Å². The van der Waals surface area contributed by atoms with Crippen LogP contribution in [0.15, 0.2) is 24.3 Å². The number of Topliss-reactive ketones (excluding diaryl/α,β-unsaturated/α-hetero) is 1. The monoisotopic (exact) mass is 336 g/mol. The quantitative estimate of drug-likeness (QED) is 0.627. The van der Waals surface area contributed by atoms with Crippen LogP contribution in [0, 0.1) is 0 Å². The fourth-order valence-corrected chi connectivity index (χ4v) is 5.01. The molecule has 5 heteroatoms. The number of hydrogen-bond donors (Lipinski definition) is 0. The second kappa shape index (κ2) is 7.86. The Balaban J connectivity index is 1.96. The molecule has 0 N–H and O–H groups in total. The van der Waals surface area contributed by atoms with Crippen LogP contribution < -0.4 is 0 Å². The number of amides is 1. The summed E-state index contributed by atoms with van der Waals surface area (Å²) >= 11 is 0. The summed E-state index contributed by atoms with van der Waals surface area (Å²) in [5.74, 6) is 2.45. The maximum atomic E-state index is 12.7. The molecule has 1 amide bonds. The summed E-state index contributed by atoms with van der Waals surface area (Å²) in [4.78, 5) is 25.9. The molecule has 1 aromatic carbocycles. The van der Waals surface area contributed by atoms with Crippen LogP contribution >= 0.6 is 0 Å². The molecular weight excluding hydrogens is 310 g/mol. The van der Waals surface area contributed by atoms with Crippen molar-refractivity contribution < 1.29 is 14.3 Å². The molecule has 0 bridgehead atoms. The van der Waals surface area contributed by atoms with Gasteiger partial charge in [0.25, 0.3) is 0 Å². The zero-order valence-corrected chi connectivity index (χ0v) is 15.2. The second-order valence-corrected chi connectivity index (χ2v) is 8.78. The summed E-state index contributed by atoms with van der Waals surface area (Å²) in [5.41, 5.74) is 2.05. The highest BCUT2D eigenvalue weighted by molar-refractivity contribution is 7.98. The Hall–Kier alpha value is -1.49. The number of carbonyl (C=O) groups excluding carboxylic acids is 2. The van der Waals surface area contributed by atoms with E-state index in [9.17, 15) is 9.59 Å². The van der Waals surface area contributed by atoms with Crippen LogP contribution in [0.2, 0.25) is 0 Å². The molecule has 1 unspecified atom stereocenters. The number of hydrogen-bond acceptors (Lipinski definition) is 3. The number of ether oxygens (including phenoxy) is 1. The van der Waals surface area contributed by atoms with Crippen LogP contribution in [0.3, 0.4) is 0 Å². The van der Waals surface area contributed by atoms with Crippen molar-refractivity contribution in [2.45, 2.75) is 31.9 Å². The van der Waals surface area contributed by atoms with Crippen LogP contribution in [0.5, 0.6) is 0 Å². The van der Waals surface area contributed by atoms with Crippen molar-refractivity contribution in [2.75, 3.05) is 31.7 Å². The molecule has 126 valence electrons. The predicted octanol–water partition coefficient (Wildman–Crippen LogP) is 3.08. The molecule has 1 fully saturated rings. The third-order valence-electron chi connectivity index (χ3n) is 4.41. The molecule has 4 nitrogen and oxygen atoms in total. The average Bonchev–Trinajstić information content (AvgIpc) is 2.60. The van der Waals surface area contributed by atoms with Gasteiger partial charge in [-0.2, -0.15) is 0 Å². The van der Waals surface area contributed by atoms with E-state index in [1.165, 1.54) is 12.7 Å². The first-order chi connectivity index (χ1) is 10.9. The van der Waals surface area contributed by atoms with Crippen molar-refractivity contribution in [3.05, 3.63) is 35.4 Å². The van der Waals surface area contributed by atoms with Gasteiger partial charge in [-0.05, 0) is 18.4 Å². The van der Waals surface area contributed by atoms with E-state index in [-0.39, 0.29) is 28.0 Å². The van der Waals surface area contributed by atoms with Crippen LogP contribution in [0.25, 0.3) is 0 Å². The number of ketones is 1. The van der Waals surface area contributed by atoms with Gasteiger partial charge >= 0.3 is 6.09 Å². The molecule has 1 aromatic rings. The molecule has 0 radical (unpaired) electrons. The molecule has 1 saturated heterocycles. The van der Waals surface area contributed by atoms with Gasteiger partial charge in [-0.25, -0.2) is 4.79 Å². The minimum absolute atomic E-state index is 0.0136. The summed E-state index contributed by atoms with van der Waals surface area (Å²) in [7, 11) is 1.43. The lowest BCUT2D eigenvalue weighted by molar-refractivity contribution is 0.0992. The third kappa shape index (κ3) is 4.28. The van der Waals surface area contributed by atoms with Crippen molar-refractivity contribution in [1.82, 2.24) is 4.90 Å². The largest absolute Gasteiger partial charge is 0.453 e. The Morgan fingerprint density at radius 2 is 1.65 bits per heavy atom. The van der Waals surface area contributed by atoms with Crippen molar-refractivity contribution in [1.29, 1.82) is 0 Å². The molecule has 1 heterocycles. The topological polar surface area (TPSA) is 46.6 Å². The zero-order valence-electron chi connectivity index (χ0n) is 14.4. The van der Waals surface area contributed by atoms with Crippen molar-refractivity contribution in [3.8, 4) is 0 Å². The van der Waals surface area contributed by atoms with E-state index in [1.807, 2.05) is 31.2 Å². The van der Waals surface area contributed by atoms with E-state index in [0.717, 1.165) is 17.1 Å². The van der Waals surface area contributed by atoms with Crippen molar-refractivity contribution in [3.63, 3.8) is 0 Å². The van der Waals surface area contributed by atoms with Gasteiger partial charge in [0.15, 0.2) is 5.25 Å². The van der Waals surface area contributed by atoms with E-state index in [0.29, 0.717) is 19.0 Å². The maximum absolute atomic E-state index is 12.7. The number of nitrogens with zero attached hydrogens (tertiary/aromatic N) is 1. The van der Waals surface area contributed by atoms with Crippen LogP contribution in [-0.4, -0.2) is 53.7 Å². The summed E-state index contributed by atoms with van der Waals surface area (Å²) in [6, 6.07) is 7.99. The summed E-state index contributed by atoms with van der Waals surface area (Å²) in [6.07, 6.45) is -0.267. The Morgan fingerprint density at radius 3 is 2.13 bits per heavy atom. The van der Waals surface area contributed by atoms with E-state index >= 15 is 0 Å². The first-order valence-corrected chi connectivity index (χ1v) is 9.70. The van der Waals surface area contributed by atoms with Gasteiger partial charge < -0.3 is 4.74 Å². The molecule has 23 heavy (non-hydrogen) atoms. The fourth-order valence-electron chi connectivity index (χ4n) is 2.75. The Kier molecular flexibility index (Phi) is 6.10. The molecule has 1 atom stereocenters. The van der Waals surface area contributed by atoms with Gasteiger partial charge in [-0.1, -0.05) is 38.1 Å². The van der Waals surface area contributed by atoms with E-state index in [2.05, 4.69) is 13.8 Å². The lowest BCUT2D eigenvalue weighted by Crippen LogP contribution is -2.47. The third-order valence-corrected chi connectivity index (χ3v) is 7.04. The molecule has 2 rings (SSSR count). The van der Waals surface area contributed by atoms with Crippen molar-refractivity contribution >= 4 is 22.8 Å². The lowest BCUT2D eigenvalue weighted by Gasteiger charge is -2.27. The molecule has 0 saturated carbocycles. The smallest absolute Gasteiger partial charge is 0.409 e. The van der Waals surface area contributed by atoms with Crippen LogP contribution in [-0.2, 0) is 15.6 Å². The second-order valence-electron chi connectivity index (χ2n) is 6.19. The highest BCUT2D eigenvalue weighted by Crippen LogP contribution is 2.20. The molecule has 0 aliphatic carbocycles. The zero-order chi connectivity index (χ0) is 17.0. The number of methoxy groups -OCH3 is 1. The summed E-state index contributed by atoms with van der Waals surface area (Å²) < 4.78 is 4.76. The molecular formula is C18H26NO3S+. The highest BCUT2D eigenvalue weighted by atomic mass is 32.2. The summed E-state index contributed by atoms with van der Waals surface area (Å²) in [6.45, 7) is 7.68. The number of carbonyl (C=O) groups is 2. The Bertz CT molecular complexity index is 548. The number of rotatable bonds is 4. The lowest BCUT2D eigenvalue weighted by atomic mass is 10.00. The average molecular weight is 336 g/mol. The predicted molar refractivity (Wildman–Crippen MR) is 95.4 cm³/mol. The van der Waals surface area contributed by atoms with Crippen molar-refractivity contribution in [2.24, 2.45) is 0 Å². The Labute approximate surface area is 141 Å². The first-order valence-electron chi connectivity index (χ1n) is 8.07. The first kappa shape index (κ1) is 17.9. The van der Waals surface area contributed by atoms with Gasteiger partial charge in [0.1, 0.15) is 11.5 Å². The standard InChI is InChI=1S/C18H26NO3S/c1-13(2)15-5-7-16(8-6-15)17(20)14(3)23-11-9-19(10-12-23)18(21)22-4/h5-8,13-14H,9-12H2,1-4H3/q+1. The molecule has 1 aliphatic rings. The Morgan fingerprint density at radius 1 is 1.09 bits per heavy atom. The van der Waals surface area contributed by atoms with Crippen LogP contribution in [0.1, 0.15) is 42.6 Å². The molecule has 0 aromatic heterocycles. The minimum Gasteiger partial charge on any atom is -0.453 e. The maximum Gasteiger partial charge on any atom is 0.409 e. The minimum atomic E-state index is -0.267. The van der Waals surface area contributed by atoms with E-state index in [4.69, 9.17) is 4.74 Å². The van der Waals surface area contributed by atoms with Gasteiger partial charge in [0.2, 0.25) is 5.78 Å². The molecule has 1 aliphatic heterocycles. The number of benzene rings is 1.